The van der Waals surface area contributed by atoms with Crippen LogP contribution in [-0.4, -0.2) is 36.4 Å². The standard InChI is InChI=1S/C21H19ClN4O3S/c22-18-11-9-17(10-12-18)15-26(30(28,29)20-7-2-1-3-8-20)16-21(27)25-24-14-19-6-4-5-13-23-19/h1-14H,15-16H2,(H,25,27). The lowest BCUT2D eigenvalue weighted by Gasteiger charge is -2.21. The molecule has 0 unspecified atom stereocenters. The number of hydrogen-bond acceptors (Lipinski definition) is 5. The molecular formula is C21H19ClN4O3S. The zero-order valence-electron chi connectivity index (χ0n) is 15.8. The number of carbonyl (C=O) groups is 1. The maximum absolute atomic E-state index is 13.1. The number of benzene rings is 2. The van der Waals surface area contributed by atoms with Crippen LogP contribution < -0.4 is 5.43 Å². The van der Waals surface area contributed by atoms with Crippen LogP contribution in [0.3, 0.4) is 0 Å². The first-order chi connectivity index (χ1) is 14.4. The second-order valence-corrected chi connectivity index (χ2v) is 8.63. The SMILES string of the molecule is O=C(CN(Cc1ccc(Cl)cc1)S(=O)(=O)c1ccccc1)NN=Cc1ccccn1. The van der Waals surface area contributed by atoms with E-state index in [0.717, 1.165) is 4.31 Å². The van der Waals surface area contributed by atoms with Gasteiger partial charge in [0.15, 0.2) is 0 Å². The van der Waals surface area contributed by atoms with Crippen molar-refractivity contribution in [3.8, 4) is 0 Å². The van der Waals surface area contributed by atoms with E-state index in [2.05, 4.69) is 15.5 Å². The molecule has 3 rings (SSSR count). The third-order valence-electron chi connectivity index (χ3n) is 4.05. The van der Waals surface area contributed by atoms with E-state index < -0.39 is 22.5 Å². The van der Waals surface area contributed by atoms with Crippen LogP contribution in [0.25, 0.3) is 0 Å². The molecule has 0 fully saturated rings. The lowest BCUT2D eigenvalue weighted by atomic mass is 10.2. The summed E-state index contributed by atoms with van der Waals surface area (Å²) in [5.74, 6) is -0.573. The van der Waals surface area contributed by atoms with Crippen molar-refractivity contribution in [1.82, 2.24) is 14.7 Å². The van der Waals surface area contributed by atoms with Crippen molar-refractivity contribution < 1.29 is 13.2 Å². The number of rotatable bonds is 8. The van der Waals surface area contributed by atoms with Crippen LogP contribution in [0.2, 0.25) is 5.02 Å². The number of carbonyl (C=O) groups excluding carboxylic acids is 1. The molecule has 0 aliphatic rings. The number of nitrogens with zero attached hydrogens (tertiary/aromatic N) is 3. The molecule has 0 bridgehead atoms. The zero-order valence-corrected chi connectivity index (χ0v) is 17.4. The number of amides is 1. The van der Waals surface area contributed by atoms with Gasteiger partial charge in [0.25, 0.3) is 5.91 Å². The predicted molar refractivity (Wildman–Crippen MR) is 115 cm³/mol. The molecule has 1 N–H and O–H groups in total. The summed E-state index contributed by atoms with van der Waals surface area (Å²) in [5, 5.41) is 4.38. The largest absolute Gasteiger partial charge is 0.272 e. The molecule has 3 aromatic rings. The number of nitrogens with one attached hydrogen (secondary N) is 1. The lowest BCUT2D eigenvalue weighted by Crippen LogP contribution is -2.39. The molecule has 30 heavy (non-hydrogen) atoms. The van der Waals surface area contributed by atoms with E-state index in [1.54, 1.807) is 66.9 Å². The Labute approximate surface area is 180 Å². The number of halogens is 1. The molecule has 0 radical (unpaired) electrons. The summed E-state index contributed by atoms with van der Waals surface area (Å²) in [6.07, 6.45) is 2.98. The van der Waals surface area contributed by atoms with Crippen LogP contribution in [-0.2, 0) is 21.4 Å². The highest BCUT2D eigenvalue weighted by Crippen LogP contribution is 2.19. The zero-order chi connectivity index (χ0) is 21.4. The topological polar surface area (TPSA) is 91.7 Å². The van der Waals surface area contributed by atoms with Crippen LogP contribution in [0.1, 0.15) is 11.3 Å². The Kier molecular flexibility index (Phi) is 7.29. The third-order valence-corrected chi connectivity index (χ3v) is 6.10. The lowest BCUT2D eigenvalue weighted by molar-refractivity contribution is -0.121. The molecule has 1 aromatic heterocycles. The molecule has 0 aliphatic carbocycles. The third kappa shape index (κ3) is 5.96. The maximum Gasteiger partial charge on any atom is 0.255 e. The molecule has 0 saturated heterocycles. The first-order valence-electron chi connectivity index (χ1n) is 8.98. The Morgan fingerprint density at radius 2 is 1.73 bits per heavy atom. The average molecular weight is 443 g/mol. The van der Waals surface area contributed by atoms with Gasteiger partial charge in [-0.05, 0) is 42.0 Å². The molecular weight excluding hydrogens is 424 g/mol. The number of hydrogen-bond donors (Lipinski definition) is 1. The van der Waals surface area contributed by atoms with E-state index in [1.807, 2.05) is 0 Å². The molecule has 9 heteroatoms. The quantitative estimate of drug-likeness (QED) is 0.428. The van der Waals surface area contributed by atoms with Gasteiger partial charge in [0, 0.05) is 17.8 Å². The van der Waals surface area contributed by atoms with Crippen LogP contribution in [0.15, 0.2) is 89.0 Å². The molecule has 0 aliphatic heterocycles. The molecule has 0 atom stereocenters. The Bertz CT molecular complexity index is 1110. The van der Waals surface area contributed by atoms with Crippen LogP contribution in [0, 0.1) is 0 Å². The van der Waals surface area contributed by atoms with Crippen molar-refractivity contribution in [2.45, 2.75) is 11.4 Å². The van der Waals surface area contributed by atoms with Crippen LogP contribution in [0.4, 0.5) is 0 Å². The van der Waals surface area contributed by atoms with Gasteiger partial charge in [-0.25, -0.2) is 13.8 Å². The second kappa shape index (κ2) is 10.1. The number of hydrazone groups is 1. The molecule has 0 spiro atoms. The fourth-order valence-corrected chi connectivity index (χ4v) is 4.11. The van der Waals surface area contributed by atoms with Gasteiger partial charge in [0.2, 0.25) is 10.0 Å². The second-order valence-electron chi connectivity index (χ2n) is 6.26. The first kappa shape index (κ1) is 21.6. The Hall–Kier alpha value is -3.07. The molecule has 154 valence electrons. The van der Waals surface area contributed by atoms with Crippen molar-refractivity contribution in [2.24, 2.45) is 5.10 Å². The van der Waals surface area contributed by atoms with Gasteiger partial charge in [0.05, 0.1) is 23.3 Å². The number of sulfonamides is 1. The molecule has 7 nitrogen and oxygen atoms in total. The minimum Gasteiger partial charge on any atom is -0.272 e. The van der Waals surface area contributed by atoms with Crippen LogP contribution in [0.5, 0.6) is 0 Å². The van der Waals surface area contributed by atoms with Gasteiger partial charge >= 0.3 is 0 Å². The molecule has 0 saturated carbocycles. The fourth-order valence-electron chi connectivity index (χ4n) is 2.58. The normalized spacial score (nSPS) is 11.7. The van der Waals surface area contributed by atoms with E-state index in [1.165, 1.54) is 18.3 Å². The highest BCUT2D eigenvalue weighted by Gasteiger charge is 2.26. The summed E-state index contributed by atoms with van der Waals surface area (Å²) in [6, 6.07) is 20.0. The summed E-state index contributed by atoms with van der Waals surface area (Å²) >= 11 is 5.91. The average Bonchev–Trinajstić information content (AvgIpc) is 2.76. The summed E-state index contributed by atoms with van der Waals surface area (Å²) in [5.41, 5.74) is 3.60. The number of pyridine rings is 1. The van der Waals surface area contributed by atoms with Gasteiger partial charge < -0.3 is 0 Å². The van der Waals surface area contributed by atoms with Gasteiger partial charge in [-0.3, -0.25) is 9.78 Å². The summed E-state index contributed by atoms with van der Waals surface area (Å²) in [6.45, 7) is -0.398. The van der Waals surface area contributed by atoms with E-state index >= 15 is 0 Å². The van der Waals surface area contributed by atoms with Gasteiger partial charge in [0.1, 0.15) is 0 Å². The van der Waals surface area contributed by atoms with Crippen molar-refractivity contribution in [3.05, 3.63) is 95.3 Å². The molecule has 2 aromatic carbocycles. The number of aromatic nitrogens is 1. The predicted octanol–water partition coefficient (Wildman–Crippen LogP) is 3.08. The minimum absolute atomic E-state index is 0.00573. The van der Waals surface area contributed by atoms with Gasteiger partial charge in [-0.2, -0.15) is 9.41 Å². The summed E-state index contributed by atoms with van der Waals surface area (Å²) in [7, 11) is -3.91. The van der Waals surface area contributed by atoms with Crippen molar-refractivity contribution in [3.63, 3.8) is 0 Å². The van der Waals surface area contributed by atoms with Gasteiger partial charge in [-0.15, -0.1) is 0 Å². The monoisotopic (exact) mass is 442 g/mol. The fraction of sp³-hybridized carbons (Fsp3) is 0.0952. The molecule has 1 amide bonds. The van der Waals surface area contributed by atoms with Crippen LogP contribution >= 0.6 is 11.6 Å². The molecule has 1 heterocycles. The Morgan fingerprint density at radius 1 is 1.03 bits per heavy atom. The summed E-state index contributed by atoms with van der Waals surface area (Å²) < 4.78 is 27.3. The van der Waals surface area contributed by atoms with E-state index in [0.29, 0.717) is 16.3 Å². The highest BCUT2D eigenvalue weighted by molar-refractivity contribution is 7.89. The van der Waals surface area contributed by atoms with Crippen molar-refractivity contribution >= 4 is 33.7 Å². The Balaban J connectivity index is 1.77. The maximum atomic E-state index is 13.1. The Morgan fingerprint density at radius 3 is 2.40 bits per heavy atom. The van der Waals surface area contributed by atoms with Gasteiger partial charge in [-0.1, -0.05) is 48.0 Å². The van der Waals surface area contributed by atoms with E-state index in [9.17, 15) is 13.2 Å². The van der Waals surface area contributed by atoms with Crippen molar-refractivity contribution in [2.75, 3.05) is 6.54 Å². The van der Waals surface area contributed by atoms with E-state index in [4.69, 9.17) is 11.6 Å². The highest BCUT2D eigenvalue weighted by atomic mass is 35.5. The summed E-state index contributed by atoms with van der Waals surface area (Å²) in [4.78, 5) is 16.6. The minimum atomic E-state index is -3.91. The van der Waals surface area contributed by atoms with Crippen molar-refractivity contribution in [1.29, 1.82) is 0 Å². The smallest absolute Gasteiger partial charge is 0.255 e. The van der Waals surface area contributed by atoms with E-state index in [-0.39, 0.29) is 11.4 Å². The first-order valence-corrected chi connectivity index (χ1v) is 10.8.